The number of para-hydroxylation sites is 1. The molecule has 3 heterocycles. The van der Waals surface area contributed by atoms with Gasteiger partial charge in [-0.25, -0.2) is 14.8 Å². The fourth-order valence-corrected chi connectivity index (χ4v) is 4.59. The zero-order valence-corrected chi connectivity index (χ0v) is 20.0. The molecule has 0 aliphatic heterocycles. The number of nitrogens with zero attached hydrogens (tertiary/aromatic N) is 3. The molecule has 0 spiro atoms. The summed E-state index contributed by atoms with van der Waals surface area (Å²) in [5.74, 6) is 1.27. The second-order valence-corrected chi connectivity index (χ2v) is 10.0. The van der Waals surface area contributed by atoms with Crippen molar-refractivity contribution >= 4 is 45.1 Å². The number of hydrogen-bond acceptors (Lipinski definition) is 7. The molecular weight excluding hydrogens is 444 g/mol. The van der Waals surface area contributed by atoms with Gasteiger partial charge in [0.1, 0.15) is 11.4 Å². The molecule has 0 aliphatic rings. The van der Waals surface area contributed by atoms with Crippen molar-refractivity contribution in [1.82, 2.24) is 15.0 Å². The molecule has 5 aromatic rings. The summed E-state index contributed by atoms with van der Waals surface area (Å²) >= 11 is 1.49. The highest BCUT2D eigenvalue weighted by Crippen LogP contribution is 2.31. The van der Waals surface area contributed by atoms with Gasteiger partial charge in [-0.05, 0) is 52.9 Å². The molecule has 0 radical (unpaired) electrons. The maximum atomic E-state index is 12.2. The van der Waals surface area contributed by atoms with Crippen LogP contribution in [0.4, 0.5) is 11.5 Å². The number of anilines is 2. The molecule has 7 heteroatoms. The van der Waals surface area contributed by atoms with Gasteiger partial charge in [0.2, 0.25) is 0 Å². The second-order valence-electron chi connectivity index (χ2n) is 9.07. The summed E-state index contributed by atoms with van der Waals surface area (Å²) in [6.07, 6.45) is 3.47. The van der Waals surface area contributed by atoms with Crippen LogP contribution in [0.1, 0.15) is 31.9 Å². The van der Waals surface area contributed by atoms with Crippen LogP contribution in [0.3, 0.4) is 0 Å². The smallest absolute Gasteiger partial charge is 0.336 e. The summed E-state index contributed by atoms with van der Waals surface area (Å²) in [6.45, 7) is 6.51. The molecule has 0 aliphatic carbocycles. The van der Waals surface area contributed by atoms with Crippen molar-refractivity contribution < 1.29 is 4.42 Å². The minimum atomic E-state index is -0.355. The second kappa shape index (κ2) is 8.91. The van der Waals surface area contributed by atoms with Crippen molar-refractivity contribution in [3.63, 3.8) is 0 Å². The Morgan fingerprint density at radius 3 is 2.53 bits per heavy atom. The summed E-state index contributed by atoms with van der Waals surface area (Å²) in [5, 5.41) is 5.88. The monoisotopic (exact) mass is 468 g/mol. The van der Waals surface area contributed by atoms with E-state index in [0.717, 1.165) is 33.4 Å². The molecular formula is C27H24N4O2S. The van der Waals surface area contributed by atoms with E-state index in [1.54, 1.807) is 18.5 Å². The lowest BCUT2D eigenvalue weighted by Crippen LogP contribution is -2.11. The fraction of sp³-hybridized carbons (Fsp3) is 0.185. The highest BCUT2D eigenvalue weighted by Gasteiger charge is 2.16. The first-order chi connectivity index (χ1) is 16.4. The molecule has 6 nitrogen and oxygen atoms in total. The Balaban J connectivity index is 1.51. The first-order valence-corrected chi connectivity index (χ1v) is 12.0. The Kier molecular flexibility index (Phi) is 5.79. The van der Waals surface area contributed by atoms with Crippen molar-refractivity contribution in [2.45, 2.75) is 37.1 Å². The predicted molar refractivity (Wildman–Crippen MR) is 138 cm³/mol. The molecule has 0 saturated heterocycles. The van der Waals surface area contributed by atoms with Gasteiger partial charge in [0, 0.05) is 40.7 Å². The lowest BCUT2D eigenvalue weighted by Gasteiger charge is -2.19. The van der Waals surface area contributed by atoms with E-state index in [9.17, 15) is 4.79 Å². The lowest BCUT2D eigenvalue weighted by atomic mass is 9.86. The molecule has 0 unspecified atom stereocenters. The number of benzene rings is 2. The third kappa shape index (κ3) is 4.65. The van der Waals surface area contributed by atoms with Crippen LogP contribution < -0.4 is 10.9 Å². The van der Waals surface area contributed by atoms with Gasteiger partial charge in [-0.15, -0.1) is 0 Å². The molecule has 0 bridgehead atoms. The maximum Gasteiger partial charge on any atom is 0.336 e. The zero-order chi connectivity index (χ0) is 23.7. The molecule has 170 valence electrons. The quantitative estimate of drug-likeness (QED) is 0.180. The van der Waals surface area contributed by atoms with E-state index in [2.05, 4.69) is 37.1 Å². The highest BCUT2D eigenvalue weighted by molar-refractivity contribution is 7.98. The molecule has 0 fully saturated rings. The molecule has 0 amide bonds. The fourth-order valence-electron chi connectivity index (χ4n) is 3.74. The third-order valence-electron chi connectivity index (χ3n) is 5.58. The Bertz CT molecular complexity index is 1540. The SMILES string of the molecule is CC(C)(C)c1ccc2oc(=O)cc(CSc3nc(Nc4ccncc4)c4ccccc4n3)c2c1. The Morgan fingerprint density at radius 2 is 1.74 bits per heavy atom. The number of rotatable bonds is 5. The zero-order valence-electron chi connectivity index (χ0n) is 19.2. The van der Waals surface area contributed by atoms with Crippen LogP contribution >= 0.6 is 11.8 Å². The average molecular weight is 469 g/mol. The van der Waals surface area contributed by atoms with Crippen molar-refractivity contribution in [3.05, 3.63) is 94.6 Å². The van der Waals surface area contributed by atoms with E-state index in [1.165, 1.54) is 17.3 Å². The van der Waals surface area contributed by atoms with Crippen LogP contribution in [0.2, 0.25) is 0 Å². The van der Waals surface area contributed by atoms with Gasteiger partial charge in [-0.3, -0.25) is 4.98 Å². The molecule has 2 aromatic carbocycles. The van der Waals surface area contributed by atoms with Crippen LogP contribution in [0.25, 0.3) is 21.9 Å². The van der Waals surface area contributed by atoms with Crippen LogP contribution in [-0.4, -0.2) is 15.0 Å². The van der Waals surface area contributed by atoms with Crippen molar-refractivity contribution in [1.29, 1.82) is 0 Å². The predicted octanol–water partition coefficient (Wildman–Crippen LogP) is 6.46. The van der Waals surface area contributed by atoms with E-state index in [-0.39, 0.29) is 11.0 Å². The standard InChI is InChI=1S/C27H24N4O2S/c1-27(2,3)18-8-9-23-21(15-18)17(14-24(32)33-23)16-34-26-30-22-7-5-4-6-20(22)25(31-26)29-19-10-12-28-13-11-19/h4-15H,16H2,1-3H3,(H,28,29,30,31). The van der Waals surface area contributed by atoms with Gasteiger partial charge >= 0.3 is 5.63 Å². The largest absolute Gasteiger partial charge is 0.423 e. The van der Waals surface area contributed by atoms with Crippen molar-refractivity contribution in [2.24, 2.45) is 0 Å². The van der Waals surface area contributed by atoms with Crippen LogP contribution in [0.5, 0.6) is 0 Å². The molecule has 5 rings (SSSR count). The van der Waals surface area contributed by atoms with Gasteiger partial charge in [0.25, 0.3) is 0 Å². The summed E-state index contributed by atoms with van der Waals surface area (Å²) in [6, 6.07) is 19.3. The van der Waals surface area contributed by atoms with Gasteiger partial charge < -0.3 is 9.73 Å². The van der Waals surface area contributed by atoms with Crippen LogP contribution in [0.15, 0.2) is 87.4 Å². The molecule has 3 aromatic heterocycles. The number of thioether (sulfide) groups is 1. The van der Waals surface area contributed by atoms with Crippen LogP contribution in [0, 0.1) is 0 Å². The number of fused-ring (bicyclic) bond motifs is 2. The molecule has 0 saturated carbocycles. The lowest BCUT2D eigenvalue weighted by molar-refractivity contribution is 0.557. The Hall–Kier alpha value is -3.71. The normalized spacial score (nSPS) is 11.7. The van der Waals surface area contributed by atoms with E-state index < -0.39 is 0 Å². The molecule has 1 N–H and O–H groups in total. The summed E-state index contributed by atoms with van der Waals surface area (Å²) in [5.41, 5.74) is 4.07. The minimum absolute atomic E-state index is 0.0102. The van der Waals surface area contributed by atoms with Gasteiger partial charge in [-0.1, -0.05) is 50.7 Å². The summed E-state index contributed by atoms with van der Waals surface area (Å²) in [7, 11) is 0. The highest BCUT2D eigenvalue weighted by atomic mass is 32.2. The minimum Gasteiger partial charge on any atom is -0.423 e. The first-order valence-electron chi connectivity index (χ1n) is 11.0. The summed E-state index contributed by atoms with van der Waals surface area (Å²) < 4.78 is 5.45. The Morgan fingerprint density at radius 1 is 0.941 bits per heavy atom. The third-order valence-corrected chi connectivity index (χ3v) is 6.47. The van der Waals surface area contributed by atoms with E-state index in [1.807, 2.05) is 48.5 Å². The van der Waals surface area contributed by atoms with Crippen molar-refractivity contribution in [2.75, 3.05) is 5.32 Å². The topological polar surface area (TPSA) is 80.9 Å². The maximum absolute atomic E-state index is 12.2. The number of nitrogens with one attached hydrogen (secondary N) is 1. The van der Waals surface area contributed by atoms with Gasteiger partial charge in [-0.2, -0.15) is 0 Å². The average Bonchev–Trinajstić information content (AvgIpc) is 2.82. The molecule has 34 heavy (non-hydrogen) atoms. The number of aromatic nitrogens is 3. The first kappa shape index (κ1) is 22.1. The van der Waals surface area contributed by atoms with E-state index >= 15 is 0 Å². The van der Waals surface area contributed by atoms with Crippen molar-refractivity contribution in [3.8, 4) is 0 Å². The van der Waals surface area contributed by atoms with E-state index in [4.69, 9.17) is 14.4 Å². The number of pyridine rings is 1. The van der Waals surface area contributed by atoms with E-state index in [0.29, 0.717) is 16.5 Å². The van der Waals surface area contributed by atoms with Gasteiger partial charge in [0.05, 0.1) is 5.52 Å². The number of hydrogen-bond donors (Lipinski definition) is 1. The van der Waals surface area contributed by atoms with Crippen LogP contribution in [-0.2, 0) is 11.2 Å². The Labute approximate surface area is 201 Å². The molecule has 0 atom stereocenters. The van der Waals surface area contributed by atoms with Gasteiger partial charge in [0.15, 0.2) is 5.16 Å². The summed E-state index contributed by atoms with van der Waals surface area (Å²) in [4.78, 5) is 25.8.